The number of hydrogen-bond donors (Lipinski definition) is 0. The predicted molar refractivity (Wildman–Crippen MR) is 62.3 cm³/mol. The Bertz CT molecular complexity index is 612. The smallest absolute Gasteiger partial charge is 0.270 e. The predicted octanol–water partition coefficient (Wildman–Crippen LogP) is 0.451. The van der Waals surface area contributed by atoms with Crippen LogP contribution in [0.15, 0.2) is 41.3 Å². The third kappa shape index (κ3) is 2.05. The molecule has 1 aromatic rings. The topological polar surface area (TPSA) is 80.8 Å². The first-order valence-electron chi connectivity index (χ1n) is 4.92. The van der Waals surface area contributed by atoms with E-state index < -0.39 is 21.9 Å². The molecule has 0 N–H and O–H groups in total. The first-order chi connectivity index (χ1) is 8.45. The summed E-state index contributed by atoms with van der Waals surface area (Å²) in [5.74, 6) is -0.912. The van der Waals surface area contributed by atoms with Crippen molar-refractivity contribution in [1.82, 2.24) is 0 Å². The van der Waals surface area contributed by atoms with Crippen LogP contribution in [-0.4, -0.2) is 27.3 Å². The van der Waals surface area contributed by atoms with Crippen LogP contribution in [0.2, 0.25) is 0 Å². The van der Waals surface area contributed by atoms with E-state index in [0.717, 1.165) is 24.2 Å². The number of carbonyl (C=O) groups excluding carboxylic acids is 2. The minimum Gasteiger partial charge on any atom is -0.270 e. The van der Waals surface area contributed by atoms with Crippen LogP contribution in [0.4, 0.5) is 5.69 Å². The highest BCUT2D eigenvalue weighted by molar-refractivity contribution is 7.86. The molecule has 7 heteroatoms. The molecule has 0 saturated heterocycles. The van der Waals surface area contributed by atoms with Crippen molar-refractivity contribution in [1.29, 1.82) is 0 Å². The van der Waals surface area contributed by atoms with E-state index >= 15 is 0 Å². The maximum atomic E-state index is 11.4. The minimum atomic E-state index is -3.77. The molecule has 0 spiro atoms. The highest BCUT2D eigenvalue weighted by atomic mass is 32.2. The molecule has 1 heterocycles. The molecule has 18 heavy (non-hydrogen) atoms. The number of imide groups is 1. The molecule has 0 atom stereocenters. The van der Waals surface area contributed by atoms with Gasteiger partial charge in [-0.25, -0.2) is 4.90 Å². The average Bonchev–Trinajstić information content (AvgIpc) is 2.69. The minimum absolute atomic E-state index is 0.0409. The van der Waals surface area contributed by atoms with Gasteiger partial charge in [0.05, 0.1) is 17.7 Å². The summed E-state index contributed by atoms with van der Waals surface area (Å²) in [7, 11) is -2.71. The lowest BCUT2D eigenvalue weighted by molar-refractivity contribution is -0.119. The number of carbonyl (C=O) groups is 2. The number of nitrogens with zero attached hydrogens (tertiary/aromatic N) is 1. The van der Waals surface area contributed by atoms with Crippen LogP contribution in [0, 0.1) is 0 Å². The zero-order valence-electron chi connectivity index (χ0n) is 9.36. The maximum absolute atomic E-state index is 11.4. The second-order valence-electron chi connectivity index (χ2n) is 3.46. The molecule has 1 aliphatic heterocycles. The Morgan fingerprint density at radius 3 is 1.94 bits per heavy atom. The van der Waals surface area contributed by atoms with Crippen LogP contribution >= 0.6 is 0 Å². The molecule has 0 radical (unpaired) electrons. The van der Waals surface area contributed by atoms with Gasteiger partial charge in [-0.05, 0) is 24.3 Å². The van der Waals surface area contributed by atoms with E-state index in [-0.39, 0.29) is 4.90 Å². The number of anilines is 1. The summed E-state index contributed by atoms with van der Waals surface area (Å²) < 4.78 is 27.1. The van der Waals surface area contributed by atoms with Crippen molar-refractivity contribution in [2.75, 3.05) is 12.0 Å². The fourth-order valence-corrected chi connectivity index (χ4v) is 2.17. The standard InChI is InChI=1S/C11H9NO5S/c1-17-18(15,16)9-4-2-8(3-5-9)12-10(13)6-7-11(12)14/h2-7H,1H3. The molecule has 2 amide bonds. The Balaban J connectivity index is 2.35. The Labute approximate surface area is 104 Å². The van der Waals surface area contributed by atoms with Gasteiger partial charge in [-0.15, -0.1) is 0 Å². The number of hydrogen-bond acceptors (Lipinski definition) is 5. The Morgan fingerprint density at radius 1 is 1.00 bits per heavy atom. The fraction of sp³-hybridized carbons (Fsp3) is 0.0909. The molecule has 0 aliphatic carbocycles. The van der Waals surface area contributed by atoms with Crippen LogP contribution in [0.5, 0.6) is 0 Å². The van der Waals surface area contributed by atoms with Gasteiger partial charge in [0.15, 0.2) is 0 Å². The van der Waals surface area contributed by atoms with Crippen LogP contribution in [0.25, 0.3) is 0 Å². The summed E-state index contributed by atoms with van der Waals surface area (Å²) in [5, 5.41) is 0. The molecular weight excluding hydrogens is 258 g/mol. The van der Waals surface area contributed by atoms with Gasteiger partial charge >= 0.3 is 0 Å². The summed E-state index contributed by atoms with van der Waals surface area (Å²) in [6.07, 6.45) is 2.31. The van der Waals surface area contributed by atoms with Gasteiger partial charge in [0, 0.05) is 12.2 Å². The SMILES string of the molecule is COS(=O)(=O)c1ccc(N2C(=O)C=CC2=O)cc1. The van der Waals surface area contributed by atoms with Crippen molar-refractivity contribution in [2.45, 2.75) is 4.90 Å². The Kier molecular flexibility index (Phi) is 3.02. The number of amides is 2. The number of benzene rings is 1. The van der Waals surface area contributed by atoms with E-state index in [1.54, 1.807) is 0 Å². The van der Waals surface area contributed by atoms with Crippen LogP contribution in [-0.2, 0) is 23.9 Å². The third-order valence-electron chi connectivity index (χ3n) is 2.41. The quantitative estimate of drug-likeness (QED) is 0.586. The molecule has 1 aromatic carbocycles. The van der Waals surface area contributed by atoms with E-state index in [0.29, 0.717) is 5.69 Å². The first kappa shape index (κ1) is 12.5. The summed E-state index contributed by atoms with van der Waals surface area (Å²) in [5.41, 5.74) is 0.310. The van der Waals surface area contributed by atoms with E-state index in [1.807, 2.05) is 0 Å². The average molecular weight is 267 g/mol. The van der Waals surface area contributed by atoms with Crippen LogP contribution in [0.3, 0.4) is 0 Å². The molecule has 2 rings (SSSR count). The van der Waals surface area contributed by atoms with Gasteiger partial charge in [0.25, 0.3) is 21.9 Å². The van der Waals surface area contributed by atoms with Crippen molar-refractivity contribution in [3.05, 3.63) is 36.4 Å². The zero-order valence-corrected chi connectivity index (χ0v) is 10.2. The van der Waals surface area contributed by atoms with Gasteiger partial charge in [-0.1, -0.05) is 0 Å². The molecule has 6 nitrogen and oxygen atoms in total. The molecule has 1 aliphatic rings. The summed E-state index contributed by atoms with van der Waals surface area (Å²) in [4.78, 5) is 23.7. The first-order valence-corrected chi connectivity index (χ1v) is 6.33. The van der Waals surface area contributed by atoms with Crippen LogP contribution in [0.1, 0.15) is 0 Å². The fourth-order valence-electron chi connectivity index (χ4n) is 1.51. The molecule has 0 unspecified atom stereocenters. The molecular formula is C11H9NO5S. The van der Waals surface area contributed by atoms with E-state index in [2.05, 4.69) is 4.18 Å². The van der Waals surface area contributed by atoms with Crippen molar-refractivity contribution >= 4 is 27.6 Å². The summed E-state index contributed by atoms with van der Waals surface area (Å²) >= 11 is 0. The van der Waals surface area contributed by atoms with Crippen molar-refractivity contribution < 1.29 is 22.2 Å². The van der Waals surface area contributed by atoms with E-state index in [1.165, 1.54) is 24.3 Å². The van der Waals surface area contributed by atoms with Gasteiger partial charge in [0.2, 0.25) is 0 Å². The molecule has 0 fully saturated rings. The lowest BCUT2D eigenvalue weighted by atomic mass is 10.3. The molecule has 94 valence electrons. The molecule has 0 aromatic heterocycles. The Hall–Kier alpha value is -1.99. The normalized spacial score (nSPS) is 15.5. The largest absolute Gasteiger partial charge is 0.296 e. The van der Waals surface area contributed by atoms with Crippen molar-refractivity contribution in [3.63, 3.8) is 0 Å². The lowest BCUT2D eigenvalue weighted by Crippen LogP contribution is -2.29. The van der Waals surface area contributed by atoms with E-state index in [9.17, 15) is 18.0 Å². The van der Waals surface area contributed by atoms with Crippen molar-refractivity contribution in [2.24, 2.45) is 0 Å². The van der Waals surface area contributed by atoms with Gasteiger partial charge in [-0.2, -0.15) is 8.42 Å². The van der Waals surface area contributed by atoms with Gasteiger partial charge in [0.1, 0.15) is 0 Å². The summed E-state index contributed by atoms with van der Waals surface area (Å²) in [6.45, 7) is 0. The Morgan fingerprint density at radius 2 is 1.50 bits per heavy atom. The maximum Gasteiger partial charge on any atom is 0.296 e. The third-order valence-corrected chi connectivity index (χ3v) is 3.70. The molecule has 0 bridgehead atoms. The van der Waals surface area contributed by atoms with Crippen molar-refractivity contribution in [3.8, 4) is 0 Å². The number of rotatable bonds is 3. The second-order valence-corrected chi connectivity index (χ2v) is 5.17. The van der Waals surface area contributed by atoms with Crippen LogP contribution < -0.4 is 4.90 Å². The molecule has 0 saturated carbocycles. The van der Waals surface area contributed by atoms with E-state index in [4.69, 9.17) is 0 Å². The monoisotopic (exact) mass is 267 g/mol. The van der Waals surface area contributed by atoms with Gasteiger partial charge < -0.3 is 0 Å². The lowest BCUT2D eigenvalue weighted by Gasteiger charge is -2.13. The second kappa shape index (κ2) is 4.35. The summed E-state index contributed by atoms with van der Waals surface area (Å²) in [6, 6.07) is 5.28. The highest BCUT2D eigenvalue weighted by Gasteiger charge is 2.25. The highest BCUT2D eigenvalue weighted by Crippen LogP contribution is 2.21. The zero-order chi connectivity index (χ0) is 13.3. The van der Waals surface area contributed by atoms with Gasteiger partial charge in [-0.3, -0.25) is 13.8 Å².